The number of methoxy groups -OCH3 is 1. The first-order chi connectivity index (χ1) is 17.1. The van der Waals surface area contributed by atoms with E-state index >= 15 is 0 Å². The molecule has 1 aliphatic heterocycles. The van der Waals surface area contributed by atoms with Crippen molar-refractivity contribution in [1.82, 2.24) is 9.88 Å². The first kappa shape index (κ1) is 25.6. The van der Waals surface area contributed by atoms with Gasteiger partial charge in [0.1, 0.15) is 11.6 Å². The molecule has 2 atom stereocenters. The molecule has 2 aromatic carbocycles. The number of anilines is 1. The predicted octanol–water partition coefficient (Wildman–Crippen LogP) is 4.23. The van der Waals surface area contributed by atoms with E-state index in [4.69, 9.17) is 4.74 Å². The first-order valence-electron chi connectivity index (χ1n) is 11.7. The van der Waals surface area contributed by atoms with Gasteiger partial charge in [-0.15, -0.1) is 0 Å². The number of likely N-dealkylation sites (N-methyl/N-ethyl adjacent to an activating group) is 1. The fraction of sp³-hybridized carbons (Fsp3) is 0.333. The van der Waals surface area contributed by atoms with E-state index in [1.165, 1.54) is 35.7 Å². The molecule has 4 rings (SSSR count). The van der Waals surface area contributed by atoms with Crippen LogP contribution >= 0.6 is 0 Å². The number of nitrogens with zero attached hydrogens (tertiary/aromatic N) is 3. The lowest BCUT2D eigenvalue weighted by molar-refractivity contribution is -0.131. The zero-order valence-electron chi connectivity index (χ0n) is 21.0. The van der Waals surface area contributed by atoms with Crippen LogP contribution in [0.4, 0.5) is 10.1 Å². The minimum Gasteiger partial charge on any atom is -0.496 e. The Hall–Kier alpha value is -3.46. The van der Waals surface area contributed by atoms with Crippen molar-refractivity contribution in [3.63, 3.8) is 0 Å². The Balaban J connectivity index is 1.71. The Morgan fingerprint density at radius 1 is 1.14 bits per heavy atom. The van der Waals surface area contributed by atoms with Gasteiger partial charge in [-0.2, -0.15) is 0 Å². The van der Waals surface area contributed by atoms with Gasteiger partial charge in [0, 0.05) is 31.9 Å². The van der Waals surface area contributed by atoms with E-state index in [2.05, 4.69) is 4.98 Å². The molecule has 2 heterocycles. The SMILES string of the molecule is COc1ccc(S(=O)(=O)N2c3ccc(F)cc3[C@H](C(=O)N(C)CCc3ccccn3)[C@@H]2C)c(C)c1C. The lowest BCUT2D eigenvalue weighted by Gasteiger charge is -2.29. The van der Waals surface area contributed by atoms with Crippen molar-refractivity contribution in [3.8, 4) is 5.75 Å². The van der Waals surface area contributed by atoms with Crippen LogP contribution in [0.3, 0.4) is 0 Å². The Morgan fingerprint density at radius 2 is 1.89 bits per heavy atom. The molecule has 1 amide bonds. The van der Waals surface area contributed by atoms with Crippen molar-refractivity contribution in [1.29, 1.82) is 0 Å². The van der Waals surface area contributed by atoms with E-state index in [1.54, 1.807) is 45.0 Å². The van der Waals surface area contributed by atoms with E-state index in [1.807, 2.05) is 18.2 Å². The smallest absolute Gasteiger partial charge is 0.264 e. The topological polar surface area (TPSA) is 79.8 Å². The molecule has 3 aromatic rings. The first-order valence-corrected chi connectivity index (χ1v) is 13.1. The van der Waals surface area contributed by atoms with Crippen LogP contribution in [0.2, 0.25) is 0 Å². The second-order valence-corrected chi connectivity index (χ2v) is 10.9. The maximum atomic E-state index is 14.3. The van der Waals surface area contributed by atoms with Crippen LogP contribution < -0.4 is 9.04 Å². The van der Waals surface area contributed by atoms with Crippen LogP contribution in [0.1, 0.15) is 35.2 Å². The average molecular weight is 512 g/mol. The Bertz CT molecular complexity index is 1400. The Morgan fingerprint density at radius 3 is 2.56 bits per heavy atom. The van der Waals surface area contributed by atoms with Crippen LogP contribution in [0, 0.1) is 19.7 Å². The Kier molecular flexibility index (Phi) is 7.04. The molecule has 0 unspecified atom stereocenters. The molecule has 1 aromatic heterocycles. The van der Waals surface area contributed by atoms with E-state index in [0.29, 0.717) is 41.1 Å². The van der Waals surface area contributed by atoms with Crippen molar-refractivity contribution in [3.05, 3.63) is 82.9 Å². The molecule has 36 heavy (non-hydrogen) atoms. The van der Waals surface area contributed by atoms with Crippen molar-refractivity contribution in [2.45, 2.75) is 44.0 Å². The number of hydrogen-bond acceptors (Lipinski definition) is 5. The number of aromatic nitrogens is 1. The number of hydrogen-bond donors (Lipinski definition) is 0. The standard InChI is InChI=1S/C27H30FN3O4S/c1-17-18(2)25(12-11-24(17)35-5)36(33,34)31-19(3)26(22-16-20(28)9-10-23(22)31)27(32)30(4)15-13-21-8-6-7-14-29-21/h6-12,14,16,19,26H,13,15H2,1-5H3/t19-,26+/m0/s1. The highest BCUT2D eigenvalue weighted by molar-refractivity contribution is 7.93. The van der Waals surface area contributed by atoms with Crippen molar-refractivity contribution in [2.75, 3.05) is 25.0 Å². The van der Waals surface area contributed by atoms with Gasteiger partial charge in [0.25, 0.3) is 10.0 Å². The maximum Gasteiger partial charge on any atom is 0.264 e. The lowest BCUT2D eigenvalue weighted by atomic mass is 9.94. The third-order valence-corrected chi connectivity index (χ3v) is 8.98. The van der Waals surface area contributed by atoms with E-state index in [0.717, 1.165) is 5.69 Å². The highest BCUT2D eigenvalue weighted by atomic mass is 32.2. The van der Waals surface area contributed by atoms with Gasteiger partial charge in [0.2, 0.25) is 5.91 Å². The zero-order valence-corrected chi connectivity index (χ0v) is 21.8. The minimum atomic E-state index is -4.07. The van der Waals surface area contributed by atoms with Crippen LogP contribution in [0.15, 0.2) is 59.6 Å². The molecular weight excluding hydrogens is 481 g/mol. The molecule has 190 valence electrons. The second-order valence-electron chi connectivity index (χ2n) is 9.07. The van der Waals surface area contributed by atoms with E-state index < -0.39 is 27.8 Å². The van der Waals surface area contributed by atoms with Crippen LogP contribution in [0.25, 0.3) is 0 Å². The zero-order chi connectivity index (χ0) is 26.2. The molecule has 7 nitrogen and oxygen atoms in total. The molecule has 0 radical (unpaired) electrons. The van der Waals surface area contributed by atoms with Gasteiger partial charge in [-0.1, -0.05) is 6.07 Å². The number of ether oxygens (including phenoxy) is 1. The summed E-state index contributed by atoms with van der Waals surface area (Å²) in [4.78, 5) is 19.6. The molecule has 1 aliphatic rings. The monoisotopic (exact) mass is 511 g/mol. The van der Waals surface area contributed by atoms with Gasteiger partial charge in [-0.3, -0.25) is 14.1 Å². The maximum absolute atomic E-state index is 14.3. The molecule has 0 N–H and O–H groups in total. The van der Waals surface area contributed by atoms with Gasteiger partial charge in [0.05, 0.1) is 29.7 Å². The highest BCUT2D eigenvalue weighted by Crippen LogP contribution is 2.45. The summed E-state index contributed by atoms with van der Waals surface area (Å²) in [6.45, 7) is 5.61. The van der Waals surface area contributed by atoms with Gasteiger partial charge < -0.3 is 9.64 Å². The summed E-state index contributed by atoms with van der Waals surface area (Å²) in [5.74, 6) is -1.05. The van der Waals surface area contributed by atoms with Gasteiger partial charge in [-0.25, -0.2) is 12.8 Å². The molecule has 9 heteroatoms. The third-order valence-electron chi connectivity index (χ3n) is 6.93. The van der Waals surface area contributed by atoms with E-state index in [-0.39, 0.29) is 10.8 Å². The number of rotatable bonds is 7. The molecule has 0 saturated carbocycles. The summed E-state index contributed by atoms with van der Waals surface area (Å²) in [5.41, 5.74) is 2.80. The number of sulfonamides is 1. The van der Waals surface area contributed by atoms with Crippen LogP contribution in [0.5, 0.6) is 5.75 Å². The normalized spacial score (nSPS) is 17.1. The van der Waals surface area contributed by atoms with Gasteiger partial charge in [-0.05, 0) is 79.9 Å². The summed E-state index contributed by atoms with van der Waals surface area (Å²) < 4.78 is 48.9. The van der Waals surface area contributed by atoms with Crippen LogP contribution in [-0.2, 0) is 21.2 Å². The number of halogens is 1. The number of carbonyl (C=O) groups is 1. The quantitative estimate of drug-likeness (QED) is 0.474. The molecule has 0 bridgehead atoms. The summed E-state index contributed by atoms with van der Waals surface area (Å²) in [6.07, 6.45) is 2.24. The third kappa shape index (κ3) is 4.43. The van der Waals surface area contributed by atoms with E-state index in [9.17, 15) is 17.6 Å². The molecular formula is C27H30FN3O4S. The Labute approximate surface area is 211 Å². The van der Waals surface area contributed by atoms with Crippen molar-refractivity contribution in [2.24, 2.45) is 0 Å². The van der Waals surface area contributed by atoms with Crippen molar-refractivity contribution >= 4 is 21.6 Å². The number of amides is 1. The molecule has 0 saturated heterocycles. The summed E-state index contributed by atoms with van der Waals surface area (Å²) in [7, 11) is -0.862. The number of benzene rings is 2. The van der Waals surface area contributed by atoms with Crippen molar-refractivity contribution < 1.29 is 22.3 Å². The second kappa shape index (κ2) is 9.89. The summed E-state index contributed by atoms with van der Waals surface area (Å²) in [5, 5.41) is 0. The number of pyridine rings is 1. The molecule has 0 fully saturated rings. The largest absolute Gasteiger partial charge is 0.496 e. The summed E-state index contributed by atoms with van der Waals surface area (Å²) >= 11 is 0. The average Bonchev–Trinajstić information content (AvgIpc) is 3.15. The fourth-order valence-electron chi connectivity index (χ4n) is 4.83. The minimum absolute atomic E-state index is 0.125. The predicted molar refractivity (Wildman–Crippen MR) is 136 cm³/mol. The molecule has 0 spiro atoms. The van der Waals surface area contributed by atoms with Gasteiger partial charge in [0.15, 0.2) is 0 Å². The van der Waals surface area contributed by atoms with Gasteiger partial charge >= 0.3 is 0 Å². The summed E-state index contributed by atoms with van der Waals surface area (Å²) in [6, 6.07) is 11.9. The molecule has 0 aliphatic carbocycles. The number of carbonyl (C=O) groups excluding carboxylic acids is 1. The highest BCUT2D eigenvalue weighted by Gasteiger charge is 2.47. The number of fused-ring (bicyclic) bond motifs is 1. The lowest BCUT2D eigenvalue weighted by Crippen LogP contribution is -2.43. The van der Waals surface area contributed by atoms with Crippen LogP contribution in [-0.4, -0.2) is 51.0 Å². The fourth-order valence-corrected chi connectivity index (χ4v) is 6.81.